The van der Waals surface area contributed by atoms with E-state index >= 15 is 0 Å². The molecule has 0 fully saturated rings. The molecule has 1 N–H and O–H groups in total. The Hall–Kier alpha value is -1.78. The molecule has 0 amide bonds. The molecule has 0 bridgehead atoms. The molecule has 126 valence electrons. The number of hydrogen-bond acceptors (Lipinski definition) is 1. The van der Waals surface area contributed by atoms with Crippen molar-refractivity contribution in [1.82, 2.24) is 0 Å². The number of benzene rings is 3. The molecule has 0 aliphatic carbocycles. The van der Waals surface area contributed by atoms with Crippen LogP contribution >= 0.6 is 7.92 Å². The average Bonchev–Trinajstić information content (AvgIpc) is 2.58. The standard InChI is InChI=1S/C18H15P.C2H4O2.Pd/c1-4-10-16(11-5-1)19(17-12-6-2-7-13-17)18-14-8-3-9-15-18;1-2(3)4;/h1-15H;1H3,(H,3,4);/p+1. The van der Waals surface area contributed by atoms with Gasteiger partial charge in [0.05, 0.1) is 7.92 Å². The normalized spacial score (nSPS) is 9.42. The predicted molar refractivity (Wildman–Crippen MR) is 99.9 cm³/mol. The largest absolute Gasteiger partial charge is 0.481 e. The summed E-state index contributed by atoms with van der Waals surface area (Å²) in [7, 11) is -0.877. The van der Waals surface area contributed by atoms with Crippen molar-refractivity contribution in [3.8, 4) is 0 Å². The second-order valence-electron chi connectivity index (χ2n) is 4.99. The SMILES string of the molecule is CC(=O)O.[Pd].c1ccc([PH+](c2ccccc2)c2ccccc2)cc1. The molecule has 0 saturated carbocycles. The van der Waals surface area contributed by atoms with Gasteiger partial charge in [0.25, 0.3) is 5.97 Å². The number of aliphatic carboxylic acids is 1. The number of carbonyl (C=O) groups is 1. The van der Waals surface area contributed by atoms with Crippen LogP contribution in [0.5, 0.6) is 0 Å². The Morgan fingerprint density at radius 1 is 0.667 bits per heavy atom. The molecule has 0 aliphatic rings. The summed E-state index contributed by atoms with van der Waals surface area (Å²) in [4.78, 5) is 9.00. The van der Waals surface area contributed by atoms with E-state index in [0.717, 1.165) is 6.92 Å². The zero-order chi connectivity index (χ0) is 16.5. The molecule has 0 radical (unpaired) electrons. The first-order valence-electron chi connectivity index (χ1n) is 7.41. The van der Waals surface area contributed by atoms with Crippen molar-refractivity contribution in [3.05, 3.63) is 91.0 Å². The Morgan fingerprint density at radius 2 is 0.875 bits per heavy atom. The van der Waals surface area contributed by atoms with Gasteiger partial charge in [-0.15, -0.1) is 0 Å². The zero-order valence-electron chi connectivity index (χ0n) is 13.3. The van der Waals surface area contributed by atoms with Gasteiger partial charge in [0.2, 0.25) is 0 Å². The molecular formula is C20H20O2PPd+. The van der Waals surface area contributed by atoms with Crippen LogP contribution in [0.2, 0.25) is 0 Å². The van der Waals surface area contributed by atoms with Crippen molar-refractivity contribution in [3.63, 3.8) is 0 Å². The van der Waals surface area contributed by atoms with Crippen LogP contribution in [0.25, 0.3) is 0 Å². The van der Waals surface area contributed by atoms with E-state index in [0.29, 0.717) is 0 Å². The third-order valence-electron chi connectivity index (χ3n) is 3.19. The van der Waals surface area contributed by atoms with Gasteiger partial charge >= 0.3 is 0 Å². The Morgan fingerprint density at radius 3 is 1.08 bits per heavy atom. The van der Waals surface area contributed by atoms with Crippen molar-refractivity contribution in [2.24, 2.45) is 0 Å². The summed E-state index contributed by atoms with van der Waals surface area (Å²) in [5.41, 5.74) is 0. The van der Waals surface area contributed by atoms with Crippen LogP contribution in [-0.2, 0) is 25.2 Å². The van der Waals surface area contributed by atoms with Gasteiger partial charge in [0.15, 0.2) is 0 Å². The van der Waals surface area contributed by atoms with Gasteiger partial charge in [0.1, 0.15) is 15.9 Å². The molecule has 24 heavy (non-hydrogen) atoms. The van der Waals surface area contributed by atoms with Crippen molar-refractivity contribution in [2.45, 2.75) is 6.92 Å². The maximum atomic E-state index is 9.00. The molecule has 0 aliphatic heterocycles. The molecule has 0 aromatic heterocycles. The van der Waals surface area contributed by atoms with Crippen LogP contribution in [-0.4, -0.2) is 11.1 Å². The number of rotatable bonds is 3. The van der Waals surface area contributed by atoms with Gasteiger partial charge in [-0.1, -0.05) is 54.6 Å². The monoisotopic (exact) mass is 429 g/mol. The van der Waals surface area contributed by atoms with E-state index in [1.54, 1.807) is 0 Å². The number of carboxylic acids is 1. The molecule has 0 heterocycles. The molecule has 3 aromatic carbocycles. The van der Waals surface area contributed by atoms with Crippen molar-refractivity contribution < 1.29 is 30.3 Å². The van der Waals surface area contributed by atoms with Crippen molar-refractivity contribution in [1.29, 1.82) is 0 Å². The maximum absolute atomic E-state index is 9.00. The van der Waals surface area contributed by atoms with E-state index in [2.05, 4.69) is 91.0 Å². The molecule has 0 atom stereocenters. The first-order valence-corrected chi connectivity index (χ1v) is 8.91. The minimum atomic E-state index is -0.877. The van der Waals surface area contributed by atoms with E-state index in [1.807, 2.05) is 0 Å². The van der Waals surface area contributed by atoms with Gasteiger partial charge in [-0.25, -0.2) is 0 Å². The molecule has 0 spiro atoms. The Balaban J connectivity index is 0.000000522. The van der Waals surface area contributed by atoms with Gasteiger partial charge in [-0.2, -0.15) is 0 Å². The third-order valence-corrected chi connectivity index (χ3v) is 5.92. The van der Waals surface area contributed by atoms with E-state index < -0.39 is 13.9 Å². The molecule has 3 rings (SSSR count). The summed E-state index contributed by atoms with van der Waals surface area (Å²) in [6.07, 6.45) is 0. The van der Waals surface area contributed by atoms with Gasteiger partial charge in [-0.3, -0.25) is 4.79 Å². The zero-order valence-corrected chi connectivity index (χ0v) is 15.9. The Bertz CT molecular complexity index is 620. The molecule has 0 unspecified atom stereocenters. The summed E-state index contributed by atoms with van der Waals surface area (Å²) in [5.74, 6) is -0.833. The molecule has 3 aromatic rings. The van der Waals surface area contributed by atoms with Gasteiger partial charge < -0.3 is 5.11 Å². The van der Waals surface area contributed by atoms with E-state index in [9.17, 15) is 0 Å². The molecule has 4 heteroatoms. The fraction of sp³-hybridized carbons (Fsp3) is 0.0500. The maximum Gasteiger partial charge on any atom is 0.300 e. The fourth-order valence-electron chi connectivity index (χ4n) is 2.31. The van der Waals surface area contributed by atoms with E-state index in [1.165, 1.54) is 15.9 Å². The van der Waals surface area contributed by atoms with E-state index in [-0.39, 0.29) is 20.4 Å². The minimum Gasteiger partial charge on any atom is -0.481 e. The summed E-state index contributed by atoms with van der Waals surface area (Å²) in [6, 6.07) is 32.5. The first-order chi connectivity index (χ1) is 11.2. The van der Waals surface area contributed by atoms with Crippen LogP contribution in [0.15, 0.2) is 91.0 Å². The topological polar surface area (TPSA) is 37.3 Å². The summed E-state index contributed by atoms with van der Waals surface area (Å²) < 4.78 is 0. The summed E-state index contributed by atoms with van der Waals surface area (Å²) in [6.45, 7) is 1.08. The number of carboxylic acid groups (broad SMARTS) is 1. The van der Waals surface area contributed by atoms with E-state index in [4.69, 9.17) is 9.90 Å². The predicted octanol–water partition coefficient (Wildman–Crippen LogP) is 3.27. The second-order valence-corrected chi connectivity index (χ2v) is 7.47. The van der Waals surface area contributed by atoms with Gasteiger partial charge in [0, 0.05) is 27.3 Å². The first kappa shape index (κ1) is 20.3. The molecule has 0 saturated heterocycles. The molecule has 2 nitrogen and oxygen atoms in total. The average molecular weight is 430 g/mol. The van der Waals surface area contributed by atoms with Crippen LogP contribution in [0.3, 0.4) is 0 Å². The smallest absolute Gasteiger partial charge is 0.300 e. The van der Waals surface area contributed by atoms with Crippen LogP contribution in [0.4, 0.5) is 0 Å². The van der Waals surface area contributed by atoms with Crippen molar-refractivity contribution >= 4 is 29.8 Å². The summed E-state index contributed by atoms with van der Waals surface area (Å²) in [5, 5.41) is 11.7. The Kier molecular flexibility index (Phi) is 9.20. The Labute approximate surface area is 158 Å². The second kappa shape index (κ2) is 10.9. The number of hydrogen-bond donors (Lipinski definition) is 1. The summed E-state index contributed by atoms with van der Waals surface area (Å²) >= 11 is 0. The minimum absolute atomic E-state index is 0. The van der Waals surface area contributed by atoms with Crippen LogP contribution in [0.1, 0.15) is 6.92 Å². The van der Waals surface area contributed by atoms with Crippen molar-refractivity contribution in [2.75, 3.05) is 0 Å². The molecular weight excluding hydrogens is 410 g/mol. The third kappa shape index (κ3) is 6.38. The quantitative estimate of drug-likeness (QED) is 0.512. The van der Waals surface area contributed by atoms with Crippen LogP contribution < -0.4 is 15.9 Å². The fourth-order valence-corrected chi connectivity index (χ4v) is 4.89. The van der Waals surface area contributed by atoms with Gasteiger partial charge in [-0.05, 0) is 36.4 Å². The van der Waals surface area contributed by atoms with Crippen LogP contribution in [0, 0.1) is 0 Å².